The summed E-state index contributed by atoms with van der Waals surface area (Å²) in [6, 6.07) is 4.48. The molecule has 15 heavy (non-hydrogen) atoms. The van der Waals surface area contributed by atoms with Gasteiger partial charge in [-0.3, -0.25) is 0 Å². The zero-order chi connectivity index (χ0) is 10.8. The van der Waals surface area contributed by atoms with Crippen molar-refractivity contribution in [2.75, 3.05) is 18.9 Å². The highest BCUT2D eigenvalue weighted by Gasteiger charge is 2.23. The molecular formula is C10H11FN2O2. The van der Waals surface area contributed by atoms with Crippen molar-refractivity contribution in [3.05, 3.63) is 29.6 Å². The van der Waals surface area contributed by atoms with Crippen molar-refractivity contribution < 1.29 is 13.9 Å². The van der Waals surface area contributed by atoms with Crippen LogP contribution in [0.25, 0.3) is 0 Å². The number of carbonyl (C=O) groups is 1. The van der Waals surface area contributed by atoms with Crippen molar-refractivity contribution in [1.29, 1.82) is 0 Å². The van der Waals surface area contributed by atoms with Crippen LogP contribution in [-0.4, -0.2) is 24.1 Å². The Balaban J connectivity index is 2.20. The second kappa shape index (κ2) is 3.76. The predicted molar refractivity (Wildman–Crippen MR) is 52.6 cm³/mol. The summed E-state index contributed by atoms with van der Waals surface area (Å²) in [7, 11) is 0. The van der Waals surface area contributed by atoms with Crippen LogP contribution in [0, 0.1) is 5.82 Å². The van der Waals surface area contributed by atoms with Gasteiger partial charge >= 0.3 is 6.09 Å². The summed E-state index contributed by atoms with van der Waals surface area (Å²) in [6.07, 6.45) is -0.419. The van der Waals surface area contributed by atoms with E-state index in [0.29, 0.717) is 24.4 Å². The van der Waals surface area contributed by atoms with Gasteiger partial charge in [-0.05, 0) is 12.1 Å². The number of ether oxygens (including phenoxy) is 1. The standard InChI is InChI=1S/C10H11FN2O2/c11-8-2-1-3-9(12)7(8)6-13-4-5-15-10(13)14/h1-3H,4-6,12H2. The number of nitrogen functional groups attached to an aromatic ring is 1. The van der Waals surface area contributed by atoms with Crippen LogP contribution in [0.2, 0.25) is 0 Å². The Morgan fingerprint density at radius 3 is 2.93 bits per heavy atom. The Morgan fingerprint density at radius 2 is 2.33 bits per heavy atom. The fourth-order valence-electron chi connectivity index (χ4n) is 1.50. The van der Waals surface area contributed by atoms with E-state index in [4.69, 9.17) is 10.5 Å². The summed E-state index contributed by atoms with van der Waals surface area (Å²) in [5, 5.41) is 0. The Bertz CT molecular complexity index is 375. The molecule has 0 spiro atoms. The number of hydrogen-bond acceptors (Lipinski definition) is 3. The number of anilines is 1. The van der Waals surface area contributed by atoms with E-state index in [1.54, 1.807) is 6.07 Å². The molecule has 0 atom stereocenters. The molecule has 0 aliphatic carbocycles. The Morgan fingerprint density at radius 1 is 1.53 bits per heavy atom. The smallest absolute Gasteiger partial charge is 0.410 e. The number of rotatable bonds is 2. The molecule has 5 heteroatoms. The highest BCUT2D eigenvalue weighted by molar-refractivity contribution is 5.69. The van der Waals surface area contributed by atoms with Gasteiger partial charge in [-0.2, -0.15) is 0 Å². The minimum Gasteiger partial charge on any atom is -0.448 e. The first-order valence-electron chi connectivity index (χ1n) is 4.63. The molecule has 4 nitrogen and oxygen atoms in total. The van der Waals surface area contributed by atoms with Crippen LogP contribution in [0.15, 0.2) is 18.2 Å². The van der Waals surface area contributed by atoms with E-state index in [2.05, 4.69) is 0 Å². The van der Waals surface area contributed by atoms with E-state index < -0.39 is 11.9 Å². The van der Waals surface area contributed by atoms with Gasteiger partial charge in [0.15, 0.2) is 0 Å². The maximum Gasteiger partial charge on any atom is 0.410 e. The van der Waals surface area contributed by atoms with Crippen molar-refractivity contribution in [1.82, 2.24) is 4.90 Å². The van der Waals surface area contributed by atoms with Crippen molar-refractivity contribution in [3.63, 3.8) is 0 Å². The quantitative estimate of drug-likeness (QED) is 0.750. The third kappa shape index (κ3) is 1.86. The fourth-order valence-corrected chi connectivity index (χ4v) is 1.50. The van der Waals surface area contributed by atoms with E-state index in [1.807, 2.05) is 0 Å². The molecular weight excluding hydrogens is 199 g/mol. The summed E-state index contributed by atoms with van der Waals surface area (Å²) in [5.74, 6) is -0.394. The third-order valence-electron chi connectivity index (χ3n) is 2.35. The Labute approximate surface area is 86.4 Å². The van der Waals surface area contributed by atoms with Gasteiger partial charge in [0.2, 0.25) is 0 Å². The minimum absolute atomic E-state index is 0.164. The molecule has 2 rings (SSSR count). The lowest BCUT2D eigenvalue weighted by Crippen LogP contribution is -2.24. The number of amides is 1. The van der Waals surface area contributed by atoms with E-state index in [0.717, 1.165) is 0 Å². The van der Waals surface area contributed by atoms with E-state index >= 15 is 0 Å². The SMILES string of the molecule is Nc1cccc(F)c1CN1CCOC1=O. The molecule has 0 saturated carbocycles. The second-order valence-electron chi connectivity index (χ2n) is 3.34. The molecule has 1 aromatic carbocycles. The molecule has 0 bridgehead atoms. The predicted octanol–water partition coefficient (Wildman–Crippen LogP) is 1.36. The van der Waals surface area contributed by atoms with Crippen LogP contribution in [0.5, 0.6) is 0 Å². The van der Waals surface area contributed by atoms with Crippen LogP contribution in [0.1, 0.15) is 5.56 Å². The van der Waals surface area contributed by atoms with Crippen LogP contribution in [0.4, 0.5) is 14.9 Å². The average molecular weight is 210 g/mol. The van der Waals surface area contributed by atoms with Crippen LogP contribution >= 0.6 is 0 Å². The Kier molecular flexibility index (Phi) is 2.45. The lowest BCUT2D eigenvalue weighted by atomic mass is 10.1. The van der Waals surface area contributed by atoms with Crippen molar-refractivity contribution in [2.45, 2.75) is 6.54 Å². The summed E-state index contributed by atoms with van der Waals surface area (Å²) in [6.45, 7) is 0.997. The van der Waals surface area contributed by atoms with Crippen molar-refractivity contribution in [3.8, 4) is 0 Å². The largest absolute Gasteiger partial charge is 0.448 e. The van der Waals surface area contributed by atoms with Gasteiger partial charge in [0, 0.05) is 11.3 Å². The van der Waals surface area contributed by atoms with Crippen LogP contribution < -0.4 is 5.73 Å². The number of nitrogens with zero attached hydrogens (tertiary/aromatic N) is 1. The second-order valence-corrected chi connectivity index (χ2v) is 3.34. The van der Waals surface area contributed by atoms with Gasteiger partial charge in [-0.15, -0.1) is 0 Å². The Hall–Kier alpha value is -1.78. The van der Waals surface area contributed by atoms with Gasteiger partial charge in [-0.1, -0.05) is 6.07 Å². The number of hydrogen-bond donors (Lipinski definition) is 1. The summed E-state index contributed by atoms with van der Waals surface area (Å²) >= 11 is 0. The normalized spacial score (nSPS) is 15.5. The molecule has 1 saturated heterocycles. The zero-order valence-electron chi connectivity index (χ0n) is 8.07. The molecule has 1 aliphatic rings. The molecule has 0 radical (unpaired) electrons. The molecule has 1 aromatic rings. The van der Waals surface area contributed by atoms with Crippen molar-refractivity contribution >= 4 is 11.8 Å². The molecule has 0 aromatic heterocycles. The lowest BCUT2D eigenvalue weighted by molar-refractivity contribution is 0.157. The lowest BCUT2D eigenvalue weighted by Gasteiger charge is -2.14. The van der Waals surface area contributed by atoms with Gasteiger partial charge in [0.25, 0.3) is 0 Å². The topological polar surface area (TPSA) is 55.6 Å². The maximum atomic E-state index is 13.4. The molecule has 0 unspecified atom stereocenters. The highest BCUT2D eigenvalue weighted by atomic mass is 19.1. The molecule has 1 fully saturated rings. The highest BCUT2D eigenvalue weighted by Crippen LogP contribution is 2.19. The zero-order valence-corrected chi connectivity index (χ0v) is 8.07. The number of cyclic esters (lactones) is 1. The first-order chi connectivity index (χ1) is 7.18. The van der Waals surface area contributed by atoms with Crippen molar-refractivity contribution in [2.24, 2.45) is 0 Å². The van der Waals surface area contributed by atoms with E-state index in [-0.39, 0.29) is 6.54 Å². The monoisotopic (exact) mass is 210 g/mol. The van der Waals surface area contributed by atoms with E-state index in [9.17, 15) is 9.18 Å². The van der Waals surface area contributed by atoms with Gasteiger partial charge in [-0.25, -0.2) is 9.18 Å². The fraction of sp³-hybridized carbons (Fsp3) is 0.300. The number of benzene rings is 1. The molecule has 1 aliphatic heterocycles. The molecule has 1 heterocycles. The summed E-state index contributed by atoms with van der Waals surface area (Å²) in [5.41, 5.74) is 6.33. The molecule has 80 valence electrons. The maximum absolute atomic E-state index is 13.4. The molecule has 2 N–H and O–H groups in total. The summed E-state index contributed by atoms with van der Waals surface area (Å²) < 4.78 is 18.1. The molecule has 1 amide bonds. The first-order valence-corrected chi connectivity index (χ1v) is 4.63. The van der Waals surface area contributed by atoms with Crippen LogP contribution in [-0.2, 0) is 11.3 Å². The van der Waals surface area contributed by atoms with Gasteiger partial charge in [0.1, 0.15) is 12.4 Å². The number of halogens is 1. The van der Waals surface area contributed by atoms with Gasteiger partial charge in [0.05, 0.1) is 13.1 Å². The number of nitrogens with two attached hydrogens (primary N) is 1. The van der Waals surface area contributed by atoms with Crippen LogP contribution in [0.3, 0.4) is 0 Å². The number of carbonyl (C=O) groups excluding carboxylic acids is 1. The van der Waals surface area contributed by atoms with Gasteiger partial charge < -0.3 is 15.4 Å². The average Bonchev–Trinajstić information content (AvgIpc) is 2.58. The first kappa shape index (κ1) is 9.76. The van der Waals surface area contributed by atoms with E-state index in [1.165, 1.54) is 17.0 Å². The third-order valence-corrected chi connectivity index (χ3v) is 2.35. The minimum atomic E-state index is -0.419. The summed E-state index contributed by atoms with van der Waals surface area (Å²) in [4.78, 5) is 12.6.